The molecule has 0 amide bonds. The van der Waals surface area contributed by atoms with Gasteiger partial charge in [0.25, 0.3) is 0 Å². The van der Waals surface area contributed by atoms with Crippen LogP contribution in [0.4, 0.5) is 0 Å². The van der Waals surface area contributed by atoms with Gasteiger partial charge < -0.3 is 0 Å². The van der Waals surface area contributed by atoms with Crippen LogP contribution in [0.5, 0.6) is 0 Å². The third-order valence-corrected chi connectivity index (χ3v) is 1.88. The third-order valence-electron chi connectivity index (χ3n) is 1.88. The van der Waals surface area contributed by atoms with Crippen molar-refractivity contribution in [1.29, 1.82) is 0 Å². The van der Waals surface area contributed by atoms with Gasteiger partial charge in [0, 0.05) is 0 Å². The zero-order chi connectivity index (χ0) is 10.9. The maximum atomic E-state index is 4.93. The molecule has 2 rings (SSSR count). The molecule has 0 heterocycles. The molecule has 0 aliphatic heterocycles. The van der Waals surface area contributed by atoms with Gasteiger partial charge >= 0.3 is 36.7 Å². The second kappa shape index (κ2) is 8.03. The van der Waals surface area contributed by atoms with E-state index in [-0.39, 0.29) is 0 Å². The molecule has 3 heteroatoms. The van der Waals surface area contributed by atoms with Crippen molar-refractivity contribution in [3.8, 4) is 11.1 Å². The van der Waals surface area contributed by atoms with Crippen molar-refractivity contribution in [1.82, 2.24) is 0 Å². The van der Waals surface area contributed by atoms with Gasteiger partial charge in [-0.25, -0.2) is 0 Å². The van der Waals surface area contributed by atoms with E-state index in [1.165, 1.54) is 11.1 Å². The number of rotatable bonds is 1. The van der Waals surface area contributed by atoms with Crippen LogP contribution in [0, 0.1) is 0 Å². The number of hydrogen-bond donors (Lipinski definition) is 0. The average Bonchev–Trinajstić information content (AvgIpc) is 2.32. The van der Waals surface area contributed by atoms with Crippen LogP contribution in [0.25, 0.3) is 11.1 Å². The summed E-state index contributed by atoms with van der Waals surface area (Å²) in [4.78, 5) is 0. The predicted molar refractivity (Wildman–Crippen MR) is 69.3 cm³/mol. The molecule has 0 atom stereocenters. The summed E-state index contributed by atoms with van der Waals surface area (Å²) in [6.07, 6.45) is 0. The molecule has 15 heavy (non-hydrogen) atoms. The fraction of sp³-hybridized carbons (Fsp3) is 0. The summed E-state index contributed by atoms with van der Waals surface area (Å²) in [5.41, 5.74) is 2.55. The first-order valence-electron chi connectivity index (χ1n) is 4.45. The third kappa shape index (κ3) is 4.91. The first-order valence-corrected chi connectivity index (χ1v) is 11.7. The predicted octanol–water partition coefficient (Wildman–Crippen LogP) is 4.35. The fourth-order valence-corrected chi connectivity index (χ4v) is 1.26. The van der Waals surface area contributed by atoms with E-state index in [1.54, 1.807) is 0 Å². The topological polar surface area (TPSA) is 0 Å². The van der Waals surface area contributed by atoms with E-state index >= 15 is 0 Å². The summed E-state index contributed by atoms with van der Waals surface area (Å²) in [6.45, 7) is 0. The van der Waals surface area contributed by atoms with E-state index in [0.717, 1.165) is 0 Å². The van der Waals surface area contributed by atoms with E-state index in [4.69, 9.17) is 17.8 Å². The minimum absolute atomic E-state index is 0.826. The Hall–Kier alpha value is -0.181. The molecule has 0 saturated carbocycles. The maximum absolute atomic E-state index is 4.93. The van der Waals surface area contributed by atoms with Gasteiger partial charge in [-0.15, -0.1) is 0 Å². The largest absolute Gasteiger partial charge is 0.0622 e. The van der Waals surface area contributed by atoms with Crippen LogP contribution in [-0.4, -0.2) is 18.9 Å². The van der Waals surface area contributed by atoms with Gasteiger partial charge in [-0.05, 0) is 11.1 Å². The molecule has 0 nitrogen and oxygen atoms in total. The van der Waals surface area contributed by atoms with E-state index in [0.29, 0.717) is 0 Å². The number of halogens is 2. The number of hydrogen-bond acceptors (Lipinski definition) is 0. The Morgan fingerprint density at radius 3 is 1.13 bits per heavy atom. The molecular weight excluding hydrogens is 334 g/mol. The first-order chi connectivity index (χ1) is 7.38. The van der Waals surface area contributed by atoms with Gasteiger partial charge in [0.15, 0.2) is 0 Å². The van der Waals surface area contributed by atoms with Gasteiger partial charge in [0.05, 0.1) is 0 Å². The average molecular weight is 344 g/mol. The Kier molecular flexibility index (Phi) is 6.90. The van der Waals surface area contributed by atoms with Crippen molar-refractivity contribution in [2.45, 2.75) is 0 Å². The summed E-state index contributed by atoms with van der Waals surface area (Å²) < 4.78 is 0. The molecule has 0 aromatic heterocycles. The van der Waals surface area contributed by atoms with Crippen LogP contribution < -0.4 is 0 Å². The summed E-state index contributed by atoms with van der Waals surface area (Å²) in [5, 5.41) is 0. The SMILES string of the molecule is [Cl][Sn][Cl].c1ccc(-c2ccccc2)cc1. The molecule has 0 saturated heterocycles. The van der Waals surface area contributed by atoms with Crippen LogP contribution in [0.2, 0.25) is 0 Å². The summed E-state index contributed by atoms with van der Waals surface area (Å²) in [6, 6.07) is 20.8. The molecule has 0 aliphatic rings. The van der Waals surface area contributed by atoms with Crippen molar-refractivity contribution >= 4 is 36.7 Å². The van der Waals surface area contributed by atoms with E-state index in [9.17, 15) is 0 Å². The Bertz CT molecular complexity index is 324. The van der Waals surface area contributed by atoms with Crippen molar-refractivity contribution < 1.29 is 0 Å². The molecule has 2 aromatic carbocycles. The minimum atomic E-state index is -0.826. The summed E-state index contributed by atoms with van der Waals surface area (Å²) in [7, 11) is 9.87. The minimum Gasteiger partial charge on any atom is -0.0622 e. The zero-order valence-electron chi connectivity index (χ0n) is 8.03. The number of benzene rings is 2. The molecule has 0 bridgehead atoms. The Balaban J connectivity index is 0.000000337. The Morgan fingerprint density at radius 1 is 0.600 bits per heavy atom. The maximum Gasteiger partial charge on any atom is -0.0184 e. The normalized spacial score (nSPS) is 8.93. The van der Waals surface area contributed by atoms with Crippen molar-refractivity contribution in [2.75, 3.05) is 0 Å². The second-order valence-corrected chi connectivity index (χ2v) is 7.04. The van der Waals surface area contributed by atoms with Crippen LogP contribution >= 0.6 is 17.8 Å². The summed E-state index contributed by atoms with van der Waals surface area (Å²) >= 11 is -0.826. The zero-order valence-corrected chi connectivity index (χ0v) is 12.4. The van der Waals surface area contributed by atoms with Crippen molar-refractivity contribution in [3.63, 3.8) is 0 Å². The van der Waals surface area contributed by atoms with Gasteiger partial charge in [-0.2, -0.15) is 0 Å². The van der Waals surface area contributed by atoms with Gasteiger partial charge in [0.1, 0.15) is 0 Å². The van der Waals surface area contributed by atoms with Crippen LogP contribution in [0.3, 0.4) is 0 Å². The molecule has 0 aliphatic carbocycles. The molecule has 0 unspecified atom stereocenters. The fourth-order valence-electron chi connectivity index (χ4n) is 1.26. The molecule has 0 fully saturated rings. The molecule has 0 N–H and O–H groups in total. The van der Waals surface area contributed by atoms with E-state index < -0.39 is 18.9 Å². The molecule has 2 aromatic rings. The molecule has 0 spiro atoms. The van der Waals surface area contributed by atoms with Crippen molar-refractivity contribution in [3.05, 3.63) is 60.7 Å². The van der Waals surface area contributed by atoms with E-state index in [2.05, 4.69) is 48.5 Å². The Labute approximate surface area is 108 Å². The van der Waals surface area contributed by atoms with Crippen LogP contribution in [-0.2, 0) is 0 Å². The van der Waals surface area contributed by atoms with Gasteiger partial charge in [0.2, 0.25) is 0 Å². The molecule has 76 valence electrons. The Morgan fingerprint density at radius 2 is 0.867 bits per heavy atom. The van der Waals surface area contributed by atoms with Gasteiger partial charge in [-0.1, -0.05) is 60.7 Å². The van der Waals surface area contributed by atoms with Crippen molar-refractivity contribution in [2.24, 2.45) is 0 Å². The van der Waals surface area contributed by atoms with Crippen LogP contribution in [0.1, 0.15) is 0 Å². The van der Waals surface area contributed by atoms with Crippen LogP contribution in [0.15, 0.2) is 60.7 Å². The summed E-state index contributed by atoms with van der Waals surface area (Å²) in [5.74, 6) is 0. The smallest absolute Gasteiger partial charge is 0.0184 e. The second-order valence-electron chi connectivity index (χ2n) is 2.80. The van der Waals surface area contributed by atoms with E-state index in [1.807, 2.05) is 12.1 Å². The monoisotopic (exact) mass is 344 g/mol. The molecule has 2 radical (unpaired) electrons. The quantitative estimate of drug-likeness (QED) is 0.675. The molecular formula is C12H10Cl2Sn. The standard InChI is InChI=1S/C12H10.2ClH.Sn/c1-3-7-11(8-4-1)12-9-5-2-6-10-12;;;/h1-10H;2*1H;/q;;;+2/p-2. The van der Waals surface area contributed by atoms with Gasteiger partial charge in [-0.3, -0.25) is 0 Å². The first kappa shape index (κ1) is 12.9.